The molecular weight excluding hydrogens is 246 g/mol. The lowest BCUT2D eigenvalue weighted by Crippen LogP contribution is -2.25. The molecule has 1 aliphatic rings. The highest BCUT2D eigenvalue weighted by atomic mass is 35.5. The van der Waals surface area contributed by atoms with Gasteiger partial charge < -0.3 is 4.90 Å². The summed E-state index contributed by atoms with van der Waals surface area (Å²) in [5.41, 5.74) is 1.04. The summed E-state index contributed by atoms with van der Waals surface area (Å²) in [7, 11) is -2.92. The van der Waals surface area contributed by atoms with Crippen LogP contribution in [0, 0.1) is 0 Å². The predicted octanol–water partition coefficient (Wildman–Crippen LogP) is 1.96. The largest absolute Gasteiger partial charge is 0.370 e. The van der Waals surface area contributed by atoms with Crippen molar-refractivity contribution >= 4 is 27.1 Å². The van der Waals surface area contributed by atoms with Gasteiger partial charge in [-0.1, -0.05) is 11.6 Å². The molecule has 0 radical (unpaired) electrons. The first kappa shape index (κ1) is 11.7. The second kappa shape index (κ2) is 4.26. The molecule has 1 aromatic carbocycles. The third-order valence-electron chi connectivity index (χ3n) is 2.94. The average Bonchev–Trinajstić information content (AvgIpc) is 2.67. The van der Waals surface area contributed by atoms with E-state index in [1.54, 1.807) is 0 Å². The van der Waals surface area contributed by atoms with Crippen molar-refractivity contribution in [1.29, 1.82) is 0 Å². The Morgan fingerprint density at radius 3 is 2.44 bits per heavy atom. The van der Waals surface area contributed by atoms with Crippen molar-refractivity contribution in [3.05, 3.63) is 29.3 Å². The van der Waals surface area contributed by atoms with Crippen molar-refractivity contribution in [2.24, 2.45) is 0 Å². The van der Waals surface area contributed by atoms with Crippen LogP contribution >= 0.6 is 11.6 Å². The molecule has 0 spiro atoms. The number of hydrogen-bond donors (Lipinski definition) is 0. The molecule has 3 nitrogen and oxygen atoms in total. The van der Waals surface area contributed by atoms with Crippen LogP contribution in [0.3, 0.4) is 0 Å². The maximum Gasteiger partial charge on any atom is 0.152 e. The van der Waals surface area contributed by atoms with E-state index in [-0.39, 0.29) is 5.25 Å². The van der Waals surface area contributed by atoms with Crippen molar-refractivity contribution in [3.8, 4) is 0 Å². The minimum Gasteiger partial charge on any atom is -0.370 e. The summed E-state index contributed by atoms with van der Waals surface area (Å²) in [5, 5.41) is 0.464. The molecule has 1 aliphatic heterocycles. The number of sulfone groups is 1. The van der Waals surface area contributed by atoms with E-state index in [9.17, 15) is 8.42 Å². The fraction of sp³-hybridized carbons (Fsp3) is 0.455. The molecule has 0 unspecified atom stereocenters. The molecule has 0 N–H and O–H groups in total. The van der Waals surface area contributed by atoms with Gasteiger partial charge in [0.1, 0.15) is 0 Å². The monoisotopic (exact) mass is 259 g/mol. The summed E-state index contributed by atoms with van der Waals surface area (Å²) in [6, 6.07) is 7.50. The van der Waals surface area contributed by atoms with Crippen molar-refractivity contribution < 1.29 is 8.42 Å². The zero-order valence-corrected chi connectivity index (χ0v) is 10.6. The van der Waals surface area contributed by atoms with Gasteiger partial charge >= 0.3 is 0 Å². The Kier molecular flexibility index (Phi) is 3.13. The highest BCUT2D eigenvalue weighted by molar-refractivity contribution is 7.91. The SMILES string of the molecule is CS(=O)(=O)[C@@H]1CCN(c2ccc(Cl)cc2)C1. The van der Waals surface area contributed by atoms with E-state index in [4.69, 9.17) is 11.6 Å². The molecule has 1 aromatic rings. The van der Waals surface area contributed by atoms with E-state index in [0.29, 0.717) is 18.0 Å². The first-order chi connectivity index (χ1) is 7.47. The molecule has 0 amide bonds. The van der Waals surface area contributed by atoms with E-state index >= 15 is 0 Å². The van der Waals surface area contributed by atoms with Gasteiger partial charge in [0.05, 0.1) is 5.25 Å². The summed E-state index contributed by atoms with van der Waals surface area (Å²) >= 11 is 5.81. The number of hydrogen-bond acceptors (Lipinski definition) is 3. The Morgan fingerprint density at radius 2 is 1.94 bits per heavy atom. The van der Waals surface area contributed by atoms with Crippen molar-refractivity contribution in [1.82, 2.24) is 0 Å². The van der Waals surface area contributed by atoms with Crippen molar-refractivity contribution in [2.75, 3.05) is 24.2 Å². The lowest BCUT2D eigenvalue weighted by atomic mass is 10.3. The first-order valence-corrected chi connectivity index (χ1v) is 7.49. The Balaban J connectivity index is 2.12. The van der Waals surface area contributed by atoms with Gasteiger partial charge in [-0.15, -0.1) is 0 Å². The molecule has 16 heavy (non-hydrogen) atoms. The maximum atomic E-state index is 11.4. The summed E-state index contributed by atoms with van der Waals surface area (Å²) in [6.07, 6.45) is 2.02. The zero-order valence-electron chi connectivity index (χ0n) is 9.06. The molecule has 1 fully saturated rings. The van der Waals surface area contributed by atoms with E-state index in [1.807, 2.05) is 24.3 Å². The van der Waals surface area contributed by atoms with Gasteiger partial charge in [-0.3, -0.25) is 0 Å². The average molecular weight is 260 g/mol. The summed E-state index contributed by atoms with van der Waals surface area (Å²) in [5.74, 6) is 0. The van der Waals surface area contributed by atoms with Gasteiger partial charge in [-0.2, -0.15) is 0 Å². The van der Waals surface area contributed by atoms with Crippen LogP contribution in [0.5, 0.6) is 0 Å². The minimum atomic E-state index is -2.92. The third kappa shape index (κ3) is 2.50. The molecule has 2 rings (SSSR count). The quantitative estimate of drug-likeness (QED) is 0.815. The summed E-state index contributed by atoms with van der Waals surface area (Å²) in [6.45, 7) is 1.37. The second-order valence-electron chi connectivity index (χ2n) is 4.16. The van der Waals surface area contributed by atoms with E-state index in [1.165, 1.54) is 6.26 Å². The Labute approximate surface area is 101 Å². The second-order valence-corrected chi connectivity index (χ2v) is 6.92. The first-order valence-electron chi connectivity index (χ1n) is 5.16. The van der Waals surface area contributed by atoms with Crippen LogP contribution in [-0.2, 0) is 9.84 Å². The Bertz CT molecular complexity index is 469. The minimum absolute atomic E-state index is 0.233. The predicted molar refractivity (Wildman–Crippen MR) is 66.9 cm³/mol. The summed E-state index contributed by atoms with van der Waals surface area (Å²) in [4.78, 5) is 2.09. The lowest BCUT2D eigenvalue weighted by Gasteiger charge is -2.18. The molecule has 5 heteroatoms. The normalized spacial score (nSPS) is 21.4. The zero-order chi connectivity index (χ0) is 11.8. The third-order valence-corrected chi connectivity index (χ3v) is 4.79. The molecule has 1 atom stereocenters. The van der Waals surface area contributed by atoms with Crippen LogP contribution in [-0.4, -0.2) is 33.0 Å². The lowest BCUT2D eigenvalue weighted by molar-refractivity contribution is 0.589. The highest BCUT2D eigenvalue weighted by Crippen LogP contribution is 2.24. The Morgan fingerprint density at radius 1 is 1.31 bits per heavy atom. The molecular formula is C11H14ClNO2S. The molecule has 0 aliphatic carbocycles. The molecule has 1 saturated heterocycles. The number of halogens is 1. The smallest absolute Gasteiger partial charge is 0.152 e. The van der Waals surface area contributed by atoms with Gasteiger partial charge in [0, 0.05) is 30.1 Å². The maximum absolute atomic E-state index is 11.4. The molecule has 0 bridgehead atoms. The Hall–Kier alpha value is -0.740. The van der Waals surface area contributed by atoms with E-state index in [2.05, 4.69) is 4.90 Å². The van der Waals surface area contributed by atoms with E-state index < -0.39 is 9.84 Å². The van der Waals surface area contributed by atoms with Crippen molar-refractivity contribution in [2.45, 2.75) is 11.7 Å². The number of benzene rings is 1. The molecule has 0 saturated carbocycles. The van der Waals surface area contributed by atoms with E-state index in [0.717, 1.165) is 12.2 Å². The molecule has 88 valence electrons. The molecule has 0 aromatic heterocycles. The van der Waals surface area contributed by atoms with Crippen LogP contribution < -0.4 is 4.90 Å². The van der Waals surface area contributed by atoms with Crippen LogP contribution in [0.15, 0.2) is 24.3 Å². The van der Waals surface area contributed by atoms with Gasteiger partial charge in [0.15, 0.2) is 9.84 Å². The molecule has 1 heterocycles. The van der Waals surface area contributed by atoms with Gasteiger partial charge in [-0.05, 0) is 30.7 Å². The summed E-state index contributed by atoms with van der Waals surface area (Å²) < 4.78 is 22.8. The fourth-order valence-corrected chi connectivity index (χ4v) is 3.07. The van der Waals surface area contributed by atoms with Crippen LogP contribution in [0.1, 0.15) is 6.42 Å². The van der Waals surface area contributed by atoms with Gasteiger partial charge in [0.25, 0.3) is 0 Å². The van der Waals surface area contributed by atoms with Crippen LogP contribution in [0.4, 0.5) is 5.69 Å². The number of rotatable bonds is 2. The highest BCUT2D eigenvalue weighted by Gasteiger charge is 2.29. The van der Waals surface area contributed by atoms with Crippen LogP contribution in [0.25, 0.3) is 0 Å². The van der Waals surface area contributed by atoms with Crippen molar-refractivity contribution in [3.63, 3.8) is 0 Å². The fourth-order valence-electron chi connectivity index (χ4n) is 1.96. The topological polar surface area (TPSA) is 37.4 Å². The van der Waals surface area contributed by atoms with Gasteiger partial charge in [-0.25, -0.2) is 8.42 Å². The van der Waals surface area contributed by atoms with Gasteiger partial charge in [0.2, 0.25) is 0 Å². The standard InChI is InChI=1S/C11H14ClNO2S/c1-16(14,15)11-6-7-13(8-11)10-4-2-9(12)3-5-10/h2-5,11H,6-8H2,1H3/t11-/m1/s1. The van der Waals surface area contributed by atoms with Crippen LogP contribution in [0.2, 0.25) is 5.02 Å². The number of anilines is 1. The number of nitrogens with zero attached hydrogens (tertiary/aromatic N) is 1.